The van der Waals surface area contributed by atoms with E-state index in [-0.39, 0.29) is 23.4 Å². The molecule has 0 amide bonds. The molecule has 0 spiro atoms. The van der Waals surface area contributed by atoms with Crippen molar-refractivity contribution in [2.45, 2.75) is 51.8 Å². The van der Waals surface area contributed by atoms with E-state index < -0.39 is 6.36 Å². The van der Waals surface area contributed by atoms with Gasteiger partial charge in [-0.25, -0.2) is 0 Å². The summed E-state index contributed by atoms with van der Waals surface area (Å²) in [6.07, 6.45) is 0.444. The Morgan fingerprint density at radius 2 is 1.76 bits per heavy atom. The molecular formula is C16H19F3O2. The van der Waals surface area contributed by atoms with Gasteiger partial charge in [-0.05, 0) is 37.0 Å². The lowest BCUT2D eigenvalue weighted by molar-refractivity contribution is -0.274. The van der Waals surface area contributed by atoms with Crippen LogP contribution in [0.4, 0.5) is 13.2 Å². The molecule has 0 aromatic heterocycles. The van der Waals surface area contributed by atoms with Crippen LogP contribution in [0, 0.1) is 5.41 Å². The van der Waals surface area contributed by atoms with Gasteiger partial charge in [0.2, 0.25) is 0 Å². The lowest BCUT2D eigenvalue weighted by atomic mass is 9.77. The average molecular weight is 300 g/mol. The number of Topliss-reactive ketones (excluding diaryl/α,β-unsaturated/α-hetero) is 1. The van der Waals surface area contributed by atoms with Gasteiger partial charge < -0.3 is 4.74 Å². The van der Waals surface area contributed by atoms with E-state index >= 15 is 0 Å². The third-order valence-corrected chi connectivity index (χ3v) is 4.35. The fraction of sp³-hybridized carbons (Fsp3) is 0.562. The molecule has 116 valence electrons. The Labute approximate surface area is 122 Å². The van der Waals surface area contributed by atoms with Gasteiger partial charge in [0, 0.05) is 11.8 Å². The van der Waals surface area contributed by atoms with Gasteiger partial charge in [0.15, 0.2) is 0 Å². The molecule has 0 saturated heterocycles. The molecule has 0 radical (unpaired) electrons. The SMILES string of the molecule is CCC1(C(=O)Cc2ccc(OC(F)(F)F)cc2)CCCC1. The molecule has 0 atom stereocenters. The van der Waals surface area contributed by atoms with Crippen molar-refractivity contribution in [3.63, 3.8) is 0 Å². The molecule has 2 rings (SSSR count). The van der Waals surface area contributed by atoms with E-state index in [4.69, 9.17) is 0 Å². The van der Waals surface area contributed by atoms with Crippen molar-refractivity contribution in [3.05, 3.63) is 29.8 Å². The number of ketones is 1. The summed E-state index contributed by atoms with van der Waals surface area (Å²) in [6, 6.07) is 5.56. The zero-order chi connectivity index (χ0) is 15.5. The van der Waals surface area contributed by atoms with E-state index in [9.17, 15) is 18.0 Å². The zero-order valence-corrected chi connectivity index (χ0v) is 12.0. The minimum absolute atomic E-state index is 0.201. The van der Waals surface area contributed by atoms with E-state index in [1.54, 1.807) is 0 Å². The second-order valence-corrected chi connectivity index (χ2v) is 5.63. The van der Waals surface area contributed by atoms with Crippen molar-refractivity contribution in [1.29, 1.82) is 0 Å². The summed E-state index contributed by atoms with van der Waals surface area (Å²) < 4.78 is 40.0. The van der Waals surface area contributed by atoms with Gasteiger partial charge in [-0.1, -0.05) is 31.9 Å². The summed E-state index contributed by atoms with van der Waals surface area (Å²) in [4.78, 5) is 12.5. The third kappa shape index (κ3) is 3.99. The highest BCUT2D eigenvalue weighted by molar-refractivity contribution is 5.87. The van der Waals surface area contributed by atoms with E-state index in [0.29, 0.717) is 0 Å². The maximum atomic E-state index is 12.5. The molecule has 1 fully saturated rings. The van der Waals surface area contributed by atoms with E-state index in [2.05, 4.69) is 4.74 Å². The Balaban J connectivity index is 2.01. The van der Waals surface area contributed by atoms with Crippen LogP contribution >= 0.6 is 0 Å². The van der Waals surface area contributed by atoms with E-state index in [1.807, 2.05) is 6.92 Å². The number of carbonyl (C=O) groups is 1. The van der Waals surface area contributed by atoms with Crippen LogP contribution in [0.15, 0.2) is 24.3 Å². The third-order valence-electron chi connectivity index (χ3n) is 4.35. The lowest BCUT2D eigenvalue weighted by Gasteiger charge is -2.25. The first-order chi connectivity index (χ1) is 9.85. The summed E-state index contributed by atoms with van der Waals surface area (Å²) in [5.74, 6) is -0.0586. The van der Waals surface area contributed by atoms with Crippen molar-refractivity contribution in [2.24, 2.45) is 5.41 Å². The summed E-state index contributed by atoms with van der Waals surface area (Å²) >= 11 is 0. The van der Waals surface area contributed by atoms with Crippen LogP contribution in [-0.4, -0.2) is 12.1 Å². The molecule has 21 heavy (non-hydrogen) atoms. The van der Waals surface area contributed by atoms with Gasteiger partial charge in [0.25, 0.3) is 0 Å². The van der Waals surface area contributed by atoms with Gasteiger partial charge in [-0.15, -0.1) is 13.2 Å². The van der Waals surface area contributed by atoms with Crippen LogP contribution in [-0.2, 0) is 11.2 Å². The molecule has 1 aromatic rings. The fourth-order valence-corrected chi connectivity index (χ4v) is 3.06. The predicted molar refractivity (Wildman–Crippen MR) is 73.0 cm³/mol. The normalized spacial score (nSPS) is 17.7. The van der Waals surface area contributed by atoms with Crippen LogP contribution in [0.5, 0.6) is 5.75 Å². The van der Waals surface area contributed by atoms with Gasteiger partial charge in [0.1, 0.15) is 11.5 Å². The maximum Gasteiger partial charge on any atom is 0.573 e. The van der Waals surface area contributed by atoms with Crippen molar-refractivity contribution >= 4 is 5.78 Å². The van der Waals surface area contributed by atoms with Crippen LogP contribution < -0.4 is 4.74 Å². The van der Waals surface area contributed by atoms with Crippen LogP contribution in [0.3, 0.4) is 0 Å². The molecular weight excluding hydrogens is 281 g/mol. The average Bonchev–Trinajstić information content (AvgIpc) is 2.89. The Morgan fingerprint density at radius 1 is 1.19 bits per heavy atom. The molecule has 1 aliphatic rings. The lowest BCUT2D eigenvalue weighted by Crippen LogP contribution is -2.28. The molecule has 1 aliphatic carbocycles. The van der Waals surface area contributed by atoms with Crippen molar-refractivity contribution < 1.29 is 22.7 Å². The topological polar surface area (TPSA) is 26.3 Å². The standard InChI is InChI=1S/C16H19F3O2/c1-2-15(9-3-4-10-15)14(20)11-12-5-7-13(8-6-12)21-16(17,18)19/h5-8H,2-4,9-11H2,1H3. The number of carbonyl (C=O) groups excluding carboxylic acids is 1. The molecule has 0 unspecified atom stereocenters. The zero-order valence-electron chi connectivity index (χ0n) is 12.0. The molecule has 0 heterocycles. The highest BCUT2D eigenvalue weighted by atomic mass is 19.4. The maximum absolute atomic E-state index is 12.5. The number of hydrogen-bond acceptors (Lipinski definition) is 2. The first-order valence-electron chi connectivity index (χ1n) is 7.23. The first kappa shape index (κ1) is 15.9. The molecule has 2 nitrogen and oxygen atoms in total. The fourth-order valence-electron chi connectivity index (χ4n) is 3.06. The van der Waals surface area contributed by atoms with E-state index in [0.717, 1.165) is 37.7 Å². The Bertz CT molecular complexity index is 485. The minimum Gasteiger partial charge on any atom is -0.406 e. The second-order valence-electron chi connectivity index (χ2n) is 5.63. The van der Waals surface area contributed by atoms with Gasteiger partial charge in [-0.2, -0.15) is 0 Å². The number of rotatable bonds is 5. The Hall–Kier alpha value is -1.52. The predicted octanol–water partition coefficient (Wildman–Crippen LogP) is 4.67. The van der Waals surface area contributed by atoms with Gasteiger partial charge >= 0.3 is 6.36 Å². The quantitative estimate of drug-likeness (QED) is 0.790. The van der Waals surface area contributed by atoms with E-state index in [1.165, 1.54) is 24.3 Å². The number of hydrogen-bond donors (Lipinski definition) is 0. The largest absolute Gasteiger partial charge is 0.573 e. The Kier molecular flexibility index (Phi) is 4.59. The highest BCUT2D eigenvalue weighted by Gasteiger charge is 2.38. The Morgan fingerprint density at radius 3 is 2.24 bits per heavy atom. The first-order valence-corrected chi connectivity index (χ1v) is 7.23. The second kappa shape index (κ2) is 6.08. The van der Waals surface area contributed by atoms with Gasteiger partial charge in [0.05, 0.1) is 0 Å². The molecule has 1 saturated carbocycles. The molecule has 0 N–H and O–H groups in total. The van der Waals surface area contributed by atoms with Crippen LogP contribution in [0.1, 0.15) is 44.6 Å². The minimum atomic E-state index is -4.69. The molecule has 1 aromatic carbocycles. The molecule has 0 aliphatic heterocycles. The van der Waals surface area contributed by atoms with Gasteiger partial charge in [-0.3, -0.25) is 4.79 Å². The number of benzene rings is 1. The number of halogens is 3. The summed E-state index contributed by atoms with van der Waals surface area (Å²) in [5.41, 5.74) is 0.510. The smallest absolute Gasteiger partial charge is 0.406 e. The van der Waals surface area contributed by atoms with Crippen molar-refractivity contribution in [1.82, 2.24) is 0 Å². The summed E-state index contributed by atoms with van der Waals surface area (Å²) in [5, 5.41) is 0. The van der Waals surface area contributed by atoms with Crippen LogP contribution in [0.25, 0.3) is 0 Å². The van der Waals surface area contributed by atoms with Crippen molar-refractivity contribution in [3.8, 4) is 5.75 Å². The summed E-state index contributed by atoms with van der Waals surface area (Å²) in [6.45, 7) is 2.03. The number of ether oxygens (including phenoxy) is 1. The van der Waals surface area contributed by atoms with Crippen molar-refractivity contribution in [2.75, 3.05) is 0 Å². The number of alkyl halides is 3. The van der Waals surface area contributed by atoms with Crippen LogP contribution in [0.2, 0.25) is 0 Å². The summed E-state index contributed by atoms with van der Waals surface area (Å²) in [7, 11) is 0. The molecule has 5 heteroatoms. The molecule has 0 bridgehead atoms. The monoisotopic (exact) mass is 300 g/mol. The highest BCUT2D eigenvalue weighted by Crippen LogP contribution is 2.42.